The van der Waals surface area contributed by atoms with Crippen LogP contribution in [0, 0.1) is 0 Å². The van der Waals surface area contributed by atoms with E-state index < -0.39 is 33.6 Å². The molecule has 0 aliphatic carbocycles. The average molecular weight is 380 g/mol. The van der Waals surface area contributed by atoms with Crippen LogP contribution in [0.5, 0.6) is 0 Å². The van der Waals surface area contributed by atoms with Gasteiger partial charge in [-0.05, 0) is 25.0 Å². The van der Waals surface area contributed by atoms with Gasteiger partial charge in [-0.2, -0.15) is 0 Å². The number of unbranched alkanes of at least 4 members (excludes halogenated alkanes) is 2. The summed E-state index contributed by atoms with van der Waals surface area (Å²) in [5.41, 5.74) is 0.473. The molecule has 0 saturated heterocycles. The zero-order chi connectivity index (χ0) is 19.3. The van der Waals surface area contributed by atoms with Crippen LogP contribution in [0.4, 0.5) is 0 Å². The normalized spacial score (nSPS) is 15.1. The highest BCUT2D eigenvalue weighted by Gasteiger charge is 2.42. The fourth-order valence-corrected chi connectivity index (χ4v) is 3.55. The van der Waals surface area contributed by atoms with Crippen LogP contribution in [0.15, 0.2) is 24.3 Å². The third-order valence-corrected chi connectivity index (χ3v) is 5.26. The maximum absolute atomic E-state index is 12.6. The Kier molecular flexibility index (Phi) is 6.52. The zero-order valence-electron chi connectivity index (χ0n) is 15.0. The van der Waals surface area contributed by atoms with Crippen molar-refractivity contribution >= 4 is 27.6 Å². The summed E-state index contributed by atoms with van der Waals surface area (Å²) in [6.07, 6.45) is 3.66. The lowest BCUT2D eigenvalue weighted by atomic mass is 10.1. The first kappa shape index (κ1) is 20.1. The maximum atomic E-state index is 12.6. The number of imide groups is 1. The van der Waals surface area contributed by atoms with Crippen molar-refractivity contribution in [2.45, 2.75) is 38.6 Å². The van der Waals surface area contributed by atoms with Crippen molar-refractivity contribution in [3.8, 4) is 0 Å². The zero-order valence-corrected chi connectivity index (χ0v) is 15.8. The second kappa shape index (κ2) is 8.44. The van der Waals surface area contributed by atoms with Crippen LogP contribution in [-0.2, 0) is 14.6 Å². The summed E-state index contributed by atoms with van der Waals surface area (Å²) in [7, 11) is -3.34. The van der Waals surface area contributed by atoms with Gasteiger partial charge in [-0.3, -0.25) is 19.3 Å². The fourth-order valence-electron chi connectivity index (χ4n) is 2.90. The fraction of sp³-hybridized carbons (Fsp3) is 0.500. The topological polar surface area (TPSA) is 101 Å². The van der Waals surface area contributed by atoms with Crippen molar-refractivity contribution in [1.29, 1.82) is 0 Å². The Balaban J connectivity index is 2.22. The predicted molar refractivity (Wildman–Crippen MR) is 97.6 cm³/mol. The minimum Gasteiger partial charge on any atom is -0.354 e. The largest absolute Gasteiger partial charge is 0.354 e. The second-order valence-electron chi connectivity index (χ2n) is 6.46. The summed E-state index contributed by atoms with van der Waals surface area (Å²) in [4.78, 5) is 38.8. The first-order valence-corrected chi connectivity index (χ1v) is 10.7. The highest BCUT2D eigenvalue weighted by molar-refractivity contribution is 7.90. The molecule has 0 aromatic heterocycles. The van der Waals surface area contributed by atoms with Gasteiger partial charge >= 0.3 is 0 Å². The van der Waals surface area contributed by atoms with Gasteiger partial charge in [0.15, 0.2) is 0 Å². The van der Waals surface area contributed by atoms with Gasteiger partial charge in [-0.25, -0.2) is 8.42 Å². The number of fused-ring (bicyclic) bond motifs is 1. The summed E-state index contributed by atoms with van der Waals surface area (Å²) < 4.78 is 23.1. The van der Waals surface area contributed by atoms with Gasteiger partial charge in [0.05, 0.1) is 16.9 Å². The number of carbonyl (C=O) groups is 3. The Bertz CT molecular complexity index is 769. The van der Waals surface area contributed by atoms with E-state index in [1.807, 2.05) is 6.92 Å². The van der Waals surface area contributed by atoms with Crippen molar-refractivity contribution in [3.63, 3.8) is 0 Å². The van der Waals surface area contributed by atoms with Gasteiger partial charge in [-0.1, -0.05) is 31.9 Å². The molecule has 1 heterocycles. The summed E-state index contributed by atoms with van der Waals surface area (Å²) in [6, 6.07) is 5.21. The maximum Gasteiger partial charge on any atom is 0.262 e. The molecule has 1 aromatic rings. The molecule has 2 rings (SSSR count). The van der Waals surface area contributed by atoms with E-state index in [9.17, 15) is 22.8 Å². The Morgan fingerprint density at radius 1 is 1.12 bits per heavy atom. The SMILES string of the molecule is CCCCCNC(=O)[C@@H](CCS(C)(=O)=O)N1C(=O)c2ccccc2C1=O. The lowest BCUT2D eigenvalue weighted by Crippen LogP contribution is -2.50. The van der Waals surface area contributed by atoms with Crippen LogP contribution < -0.4 is 5.32 Å². The molecule has 0 radical (unpaired) electrons. The number of sulfone groups is 1. The molecule has 0 spiro atoms. The van der Waals surface area contributed by atoms with Crippen LogP contribution in [0.3, 0.4) is 0 Å². The molecule has 1 aliphatic heterocycles. The molecule has 142 valence electrons. The number of carbonyl (C=O) groups excluding carboxylic acids is 3. The van der Waals surface area contributed by atoms with E-state index in [-0.39, 0.29) is 23.3 Å². The van der Waals surface area contributed by atoms with E-state index in [4.69, 9.17) is 0 Å². The van der Waals surface area contributed by atoms with E-state index in [1.54, 1.807) is 12.1 Å². The van der Waals surface area contributed by atoms with Gasteiger partial charge < -0.3 is 5.32 Å². The van der Waals surface area contributed by atoms with Gasteiger partial charge in [0.1, 0.15) is 15.9 Å². The number of hydrogen-bond acceptors (Lipinski definition) is 5. The number of amides is 3. The highest BCUT2D eigenvalue weighted by atomic mass is 32.2. The standard InChI is InChI=1S/C18H24N2O5S/c1-3-4-7-11-19-16(21)15(10-12-26(2,24)25)20-17(22)13-8-5-6-9-14(13)18(20)23/h5-6,8-9,15H,3-4,7,10-12H2,1-2H3,(H,19,21)/t15-/m1/s1. The van der Waals surface area contributed by atoms with Crippen molar-refractivity contribution in [3.05, 3.63) is 35.4 Å². The number of hydrogen-bond donors (Lipinski definition) is 1. The van der Waals surface area contributed by atoms with Crippen LogP contribution in [0.25, 0.3) is 0 Å². The third-order valence-electron chi connectivity index (χ3n) is 4.28. The van der Waals surface area contributed by atoms with Crippen molar-refractivity contribution < 1.29 is 22.8 Å². The number of nitrogens with zero attached hydrogens (tertiary/aromatic N) is 1. The summed E-state index contributed by atoms with van der Waals surface area (Å²) in [6.45, 7) is 2.46. The Morgan fingerprint density at radius 2 is 1.69 bits per heavy atom. The Hall–Kier alpha value is -2.22. The van der Waals surface area contributed by atoms with Gasteiger partial charge in [0.25, 0.3) is 11.8 Å². The first-order valence-electron chi connectivity index (χ1n) is 8.68. The molecule has 1 atom stereocenters. The van der Waals surface area contributed by atoms with Gasteiger partial charge in [-0.15, -0.1) is 0 Å². The highest BCUT2D eigenvalue weighted by Crippen LogP contribution is 2.25. The molecule has 0 unspecified atom stereocenters. The van der Waals surface area contributed by atoms with Gasteiger partial charge in [0.2, 0.25) is 5.91 Å². The molecule has 0 fully saturated rings. The minimum atomic E-state index is -3.34. The van der Waals surface area contributed by atoms with Crippen molar-refractivity contribution in [1.82, 2.24) is 10.2 Å². The van der Waals surface area contributed by atoms with E-state index in [0.717, 1.165) is 30.4 Å². The van der Waals surface area contributed by atoms with Gasteiger partial charge in [0, 0.05) is 12.8 Å². The number of rotatable bonds is 9. The predicted octanol–water partition coefficient (Wildman–Crippen LogP) is 1.39. The Labute approximate surface area is 153 Å². The minimum absolute atomic E-state index is 0.121. The summed E-state index contributed by atoms with van der Waals surface area (Å²) in [5, 5.41) is 2.72. The molecule has 26 heavy (non-hydrogen) atoms. The summed E-state index contributed by atoms with van der Waals surface area (Å²) >= 11 is 0. The number of benzene rings is 1. The van der Waals surface area contributed by atoms with E-state index in [2.05, 4.69) is 5.32 Å². The molecule has 8 heteroatoms. The molecule has 3 amide bonds. The molecule has 1 N–H and O–H groups in total. The van der Waals surface area contributed by atoms with Crippen LogP contribution in [0.2, 0.25) is 0 Å². The second-order valence-corrected chi connectivity index (χ2v) is 8.72. The van der Waals surface area contributed by atoms with E-state index >= 15 is 0 Å². The quantitative estimate of drug-likeness (QED) is 0.515. The Morgan fingerprint density at radius 3 is 2.19 bits per heavy atom. The molecule has 1 aromatic carbocycles. The van der Waals surface area contributed by atoms with Crippen LogP contribution in [0.1, 0.15) is 53.3 Å². The molecule has 0 saturated carbocycles. The van der Waals surface area contributed by atoms with Crippen molar-refractivity contribution in [2.24, 2.45) is 0 Å². The molecular formula is C18H24N2O5S. The third kappa shape index (κ3) is 4.69. The van der Waals surface area contributed by atoms with Crippen molar-refractivity contribution in [2.75, 3.05) is 18.6 Å². The smallest absolute Gasteiger partial charge is 0.262 e. The summed E-state index contributed by atoms with van der Waals surface area (Å²) in [5.74, 6) is -1.91. The van der Waals surface area contributed by atoms with Crippen LogP contribution >= 0.6 is 0 Å². The molecule has 0 bridgehead atoms. The molecular weight excluding hydrogens is 356 g/mol. The lowest BCUT2D eigenvalue weighted by Gasteiger charge is -2.25. The molecule has 7 nitrogen and oxygen atoms in total. The van der Waals surface area contributed by atoms with E-state index in [1.165, 1.54) is 12.1 Å². The first-order chi connectivity index (χ1) is 12.3. The van der Waals surface area contributed by atoms with Crippen LogP contribution in [-0.4, -0.2) is 55.6 Å². The average Bonchev–Trinajstić information content (AvgIpc) is 2.83. The number of nitrogens with one attached hydrogen (secondary N) is 1. The lowest BCUT2D eigenvalue weighted by molar-refractivity contribution is -0.125. The monoisotopic (exact) mass is 380 g/mol. The molecule has 1 aliphatic rings. The van der Waals surface area contributed by atoms with E-state index in [0.29, 0.717) is 6.54 Å².